The fourth-order valence-electron chi connectivity index (χ4n) is 3.13. The average Bonchev–Trinajstić information content (AvgIpc) is 2.78. The minimum Gasteiger partial charge on any atom is -0.493 e. The Morgan fingerprint density at radius 1 is 0.833 bits per heavy atom. The number of thiocarbonyl (C=S) groups is 1. The van der Waals surface area contributed by atoms with E-state index in [1.807, 2.05) is 78.9 Å². The van der Waals surface area contributed by atoms with Gasteiger partial charge >= 0.3 is 0 Å². The first kappa shape index (κ1) is 23.5. The van der Waals surface area contributed by atoms with Gasteiger partial charge < -0.3 is 25.8 Å². The molecule has 0 heterocycles. The highest BCUT2D eigenvalue weighted by atomic mass is 35.5. The molecule has 0 amide bonds. The molecule has 5 nitrogen and oxygen atoms in total. The number of hydrogen-bond donors (Lipinski definition) is 3. The van der Waals surface area contributed by atoms with E-state index >= 15 is 0 Å². The molecule has 0 aliphatic carbocycles. The predicted molar refractivity (Wildman–Crippen MR) is 129 cm³/mol. The summed E-state index contributed by atoms with van der Waals surface area (Å²) in [6.07, 6.45) is 0. The summed E-state index contributed by atoms with van der Waals surface area (Å²) < 4.78 is 10.6. The molecule has 0 aromatic heterocycles. The third kappa shape index (κ3) is 5.86. The van der Waals surface area contributed by atoms with Crippen LogP contribution in [0.15, 0.2) is 78.9 Å². The number of benzene rings is 3. The van der Waals surface area contributed by atoms with E-state index in [4.69, 9.17) is 27.4 Å². The van der Waals surface area contributed by atoms with Gasteiger partial charge in [-0.1, -0.05) is 60.7 Å². The van der Waals surface area contributed by atoms with Crippen molar-refractivity contribution >= 4 is 35.4 Å². The largest absolute Gasteiger partial charge is 0.493 e. The molecule has 0 bridgehead atoms. The van der Waals surface area contributed by atoms with E-state index in [1.54, 1.807) is 14.2 Å². The van der Waals surface area contributed by atoms with Crippen molar-refractivity contribution in [2.24, 2.45) is 5.73 Å². The third-order valence-corrected chi connectivity index (χ3v) is 4.85. The first-order valence-electron chi connectivity index (χ1n) is 9.27. The predicted octanol–water partition coefficient (Wildman–Crippen LogP) is 4.85. The molecule has 30 heavy (non-hydrogen) atoms. The van der Waals surface area contributed by atoms with E-state index in [2.05, 4.69) is 10.6 Å². The van der Waals surface area contributed by atoms with Crippen molar-refractivity contribution in [3.63, 3.8) is 0 Å². The molecule has 2 atom stereocenters. The van der Waals surface area contributed by atoms with Gasteiger partial charge in [-0.2, -0.15) is 0 Å². The van der Waals surface area contributed by atoms with Gasteiger partial charge in [-0.3, -0.25) is 0 Å². The SMILES string of the molecule is COc1ccc(NC(=S)N[C@H](c2ccccc2)[C@H](N)c2ccccc2)cc1OC.Cl. The molecule has 0 saturated heterocycles. The van der Waals surface area contributed by atoms with Crippen molar-refractivity contribution in [3.05, 3.63) is 90.0 Å². The molecule has 0 aliphatic heterocycles. The number of anilines is 1. The van der Waals surface area contributed by atoms with Gasteiger partial charge in [-0.05, 0) is 35.5 Å². The fourth-order valence-corrected chi connectivity index (χ4v) is 3.38. The summed E-state index contributed by atoms with van der Waals surface area (Å²) in [5, 5.41) is 7.04. The van der Waals surface area contributed by atoms with Crippen LogP contribution in [0.3, 0.4) is 0 Å². The molecule has 0 fully saturated rings. The Bertz CT molecular complexity index is 942. The van der Waals surface area contributed by atoms with Crippen LogP contribution in [-0.2, 0) is 0 Å². The van der Waals surface area contributed by atoms with Gasteiger partial charge in [0.25, 0.3) is 0 Å². The van der Waals surface area contributed by atoms with E-state index in [0.717, 1.165) is 16.8 Å². The number of hydrogen-bond acceptors (Lipinski definition) is 4. The smallest absolute Gasteiger partial charge is 0.171 e. The minimum absolute atomic E-state index is 0. The second-order valence-corrected chi connectivity index (χ2v) is 6.90. The molecule has 0 saturated carbocycles. The lowest BCUT2D eigenvalue weighted by atomic mass is 9.94. The van der Waals surface area contributed by atoms with E-state index < -0.39 is 0 Å². The molecule has 0 radical (unpaired) electrons. The maximum absolute atomic E-state index is 6.61. The molecular weight excluding hydrogens is 418 g/mol. The summed E-state index contributed by atoms with van der Waals surface area (Å²) in [6, 6.07) is 25.1. The van der Waals surface area contributed by atoms with Crippen molar-refractivity contribution in [2.45, 2.75) is 12.1 Å². The van der Waals surface area contributed by atoms with Crippen LogP contribution in [0, 0.1) is 0 Å². The Kier molecular flexibility index (Phi) is 8.92. The molecule has 3 rings (SSSR count). The Balaban J connectivity index is 0.00000320. The van der Waals surface area contributed by atoms with E-state index in [1.165, 1.54) is 0 Å². The maximum Gasteiger partial charge on any atom is 0.171 e. The summed E-state index contributed by atoms with van der Waals surface area (Å²) in [6.45, 7) is 0. The number of nitrogens with two attached hydrogens (primary N) is 1. The second kappa shape index (κ2) is 11.4. The number of nitrogens with one attached hydrogen (secondary N) is 2. The Morgan fingerprint density at radius 2 is 1.40 bits per heavy atom. The highest BCUT2D eigenvalue weighted by molar-refractivity contribution is 7.80. The monoisotopic (exact) mass is 443 g/mol. The standard InChI is InChI=1S/C23H25N3O2S.ClH/c1-27-19-14-13-18(15-20(19)28-2)25-23(29)26-22(17-11-7-4-8-12-17)21(24)16-9-5-3-6-10-16;/h3-15,21-22H,24H2,1-2H3,(H2,25,26,29);1H/t21-,22-;/m1./s1. The molecule has 0 spiro atoms. The van der Waals surface area contributed by atoms with E-state index in [9.17, 15) is 0 Å². The zero-order valence-corrected chi connectivity index (χ0v) is 18.5. The summed E-state index contributed by atoms with van der Waals surface area (Å²) in [5.74, 6) is 1.28. The van der Waals surface area contributed by atoms with Crippen LogP contribution < -0.4 is 25.8 Å². The third-order valence-electron chi connectivity index (χ3n) is 4.63. The van der Waals surface area contributed by atoms with Crippen LogP contribution in [0.5, 0.6) is 11.5 Å². The average molecular weight is 444 g/mol. The van der Waals surface area contributed by atoms with Crippen LogP contribution in [0.4, 0.5) is 5.69 Å². The molecule has 7 heteroatoms. The molecular formula is C23H26ClN3O2S. The quantitative estimate of drug-likeness (QED) is 0.453. The van der Waals surface area contributed by atoms with Gasteiger partial charge in [0.15, 0.2) is 16.6 Å². The van der Waals surface area contributed by atoms with Crippen molar-refractivity contribution in [1.82, 2.24) is 5.32 Å². The zero-order chi connectivity index (χ0) is 20.6. The van der Waals surface area contributed by atoms with Gasteiger partial charge in [0.1, 0.15) is 0 Å². The van der Waals surface area contributed by atoms with Crippen LogP contribution >= 0.6 is 24.6 Å². The summed E-state index contributed by atoms with van der Waals surface area (Å²) in [7, 11) is 3.20. The number of halogens is 1. The molecule has 0 aliphatic rings. The summed E-state index contributed by atoms with van der Waals surface area (Å²) in [5.41, 5.74) is 9.49. The van der Waals surface area contributed by atoms with E-state index in [0.29, 0.717) is 16.6 Å². The number of rotatable bonds is 7. The molecule has 0 unspecified atom stereocenters. The molecule has 4 N–H and O–H groups in total. The summed E-state index contributed by atoms with van der Waals surface area (Å²) >= 11 is 5.57. The Hall–Kier alpha value is -2.80. The van der Waals surface area contributed by atoms with Gasteiger partial charge in [0.05, 0.1) is 26.3 Å². The minimum atomic E-state index is -0.274. The lowest BCUT2D eigenvalue weighted by molar-refractivity contribution is 0.355. The van der Waals surface area contributed by atoms with Crippen LogP contribution in [-0.4, -0.2) is 19.3 Å². The first-order chi connectivity index (χ1) is 14.1. The van der Waals surface area contributed by atoms with Gasteiger partial charge in [0.2, 0.25) is 0 Å². The molecule has 3 aromatic rings. The van der Waals surface area contributed by atoms with E-state index in [-0.39, 0.29) is 24.5 Å². The van der Waals surface area contributed by atoms with Crippen LogP contribution in [0.25, 0.3) is 0 Å². The zero-order valence-electron chi connectivity index (χ0n) is 16.9. The molecule has 3 aromatic carbocycles. The highest BCUT2D eigenvalue weighted by Gasteiger charge is 2.22. The van der Waals surface area contributed by atoms with Crippen LogP contribution in [0.2, 0.25) is 0 Å². The topological polar surface area (TPSA) is 68.5 Å². The summed E-state index contributed by atoms with van der Waals surface area (Å²) in [4.78, 5) is 0. The van der Waals surface area contributed by atoms with Crippen molar-refractivity contribution < 1.29 is 9.47 Å². The Labute approximate surface area is 189 Å². The number of methoxy groups -OCH3 is 2. The van der Waals surface area contributed by atoms with Gasteiger partial charge in [-0.25, -0.2) is 0 Å². The van der Waals surface area contributed by atoms with Gasteiger partial charge in [0, 0.05) is 11.8 Å². The van der Waals surface area contributed by atoms with Gasteiger partial charge in [-0.15, -0.1) is 12.4 Å². The molecule has 158 valence electrons. The lowest BCUT2D eigenvalue weighted by Gasteiger charge is -2.27. The van der Waals surface area contributed by atoms with Crippen LogP contribution in [0.1, 0.15) is 23.2 Å². The first-order valence-corrected chi connectivity index (χ1v) is 9.68. The number of ether oxygens (including phenoxy) is 2. The van der Waals surface area contributed by atoms with Crippen molar-refractivity contribution in [2.75, 3.05) is 19.5 Å². The second-order valence-electron chi connectivity index (χ2n) is 6.49. The fraction of sp³-hybridized carbons (Fsp3) is 0.174. The highest BCUT2D eigenvalue weighted by Crippen LogP contribution is 2.30. The Morgan fingerprint density at radius 3 is 1.97 bits per heavy atom. The van der Waals surface area contributed by atoms with Crippen molar-refractivity contribution in [1.29, 1.82) is 0 Å². The maximum atomic E-state index is 6.61. The normalized spacial score (nSPS) is 12.1. The van der Waals surface area contributed by atoms with Crippen molar-refractivity contribution in [3.8, 4) is 11.5 Å². The lowest BCUT2D eigenvalue weighted by Crippen LogP contribution is -2.38.